The molecule has 0 spiro atoms. The average Bonchev–Trinajstić information content (AvgIpc) is 3.24. The predicted molar refractivity (Wildman–Crippen MR) is 355 cm³/mol. The van der Waals surface area contributed by atoms with E-state index in [9.17, 15) is 17.2 Å². The van der Waals surface area contributed by atoms with Gasteiger partial charge in [-0.1, -0.05) is 41.4 Å². The number of rotatable bonds is 24. The summed E-state index contributed by atoms with van der Waals surface area (Å²) in [6.45, 7) is 1.89. The first-order valence-corrected chi connectivity index (χ1v) is 25.2. The quantitative estimate of drug-likeness (QED) is 0.0840. The van der Waals surface area contributed by atoms with Gasteiger partial charge in [0, 0.05) is 302 Å². The van der Waals surface area contributed by atoms with Crippen LogP contribution in [-0.4, -0.2) is 305 Å². The summed E-state index contributed by atoms with van der Waals surface area (Å²) in [4.78, 5) is 0.167. The minimum absolute atomic E-state index is 0.167. The van der Waals surface area contributed by atoms with Gasteiger partial charge in [0.15, 0.2) is 0 Å². The minimum atomic E-state index is -3.91. The first kappa shape index (κ1) is 66.5. The zero-order valence-electron chi connectivity index (χ0n) is 40.7. The molecule has 0 amide bonds. The summed E-state index contributed by atoms with van der Waals surface area (Å²) < 4.78 is 56.1. The zero-order chi connectivity index (χ0) is 54.8. The van der Waals surface area contributed by atoms with E-state index in [1.165, 1.54) is 35.6 Å². The van der Waals surface area contributed by atoms with Gasteiger partial charge in [0.25, 0.3) is 10.0 Å². The summed E-state index contributed by atoms with van der Waals surface area (Å²) in [5, 5.41) is 0.315. The number of fused-ring (bicyclic) bond motifs is 1. The van der Waals surface area contributed by atoms with E-state index < -0.39 is 143 Å². The van der Waals surface area contributed by atoms with Gasteiger partial charge >= 0.3 is 0 Å². The van der Waals surface area contributed by atoms with E-state index in [1.54, 1.807) is 36.4 Å². The number of hydrogen-bond acceptors (Lipinski definition) is 2. The Hall–Kier alpha value is 0.222. The molecule has 0 saturated heterocycles. The molecule has 43 radical (unpaired) electrons. The molecule has 0 bridgehead atoms. The van der Waals surface area contributed by atoms with E-state index in [4.69, 9.17) is 174 Å². The van der Waals surface area contributed by atoms with E-state index in [0.29, 0.717) is 36.4 Å². The maximum absolute atomic E-state index is 14.1. The van der Waals surface area contributed by atoms with Crippen LogP contribution in [0.15, 0.2) is 65.6 Å². The molecule has 1 aliphatic rings. The summed E-state index contributed by atoms with van der Waals surface area (Å²) in [5.74, 6) is -0.899. The molecular formula is C24H22B41ClF2NO2S. The highest BCUT2D eigenvalue weighted by Gasteiger charge is 2.57. The number of halogens is 3. The normalized spacial score (nSPS) is 12.4. The van der Waals surface area contributed by atoms with Crippen LogP contribution in [0, 0.1) is 18.6 Å². The molecule has 1 atom stereocenters. The number of hydrogen-bond donors (Lipinski definition) is 0. The second-order valence-electron chi connectivity index (χ2n) is 19.0. The fourth-order valence-electron chi connectivity index (χ4n) is 10.7. The Morgan fingerprint density at radius 2 is 0.944 bits per heavy atom. The topological polar surface area (TPSA) is 37.4 Å². The number of anilines is 1. The Morgan fingerprint density at radius 1 is 0.556 bits per heavy atom. The second kappa shape index (κ2) is 30.0. The van der Waals surface area contributed by atoms with Gasteiger partial charge in [-0.15, -0.1) is 0 Å². The van der Waals surface area contributed by atoms with Crippen LogP contribution in [0.25, 0.3) is 0 Å². The van der Waals surface area contributed by atoms with Gasteiger partial charge in [-0.05, 0) is 80.1 Å². The van der Waals surface area contributed by atoms with Crippen molar-refractivity contribution < 1.29 is 17.2 Å². The van der Waals surface area contributed by atoms with Gasteiger partial charge in [0.1, 0.15) is 11.6 Å². The van der Waals surface area contributed by atoms with Crippen molar-refractivity contribution in [3.63, 3.8) is 0 Å². The summed E-state index contributed by atoms with van der Waals surface area (Å²) in [6, 6.07) is 14.8. The number of sulfonamides is 1. The Labute approximate surface area is 473 Å². The van der Waals surface area contributed by atoms with Gasteiger partial charge < -0.3 is 0 Å². The Kier molecular flexibility index (Phi) is 27.7. The molecule has 72 heavy (non-hydrogen) atoms. The van der Waals surface area contributed by atoms with E-state index in [1.807, 2.05) is 6.92 Å². The molecule has 0 fully saturated rings. The van der Waals surface area contributed by atoms with Crippen LogP contribution < -0.4 is 4.31 Å². The van der Waals surface area contributed by atoms with Crippen LogP contribution in [0.5, 0.6) is 0 Å². The van der Waals surface area contributed by atoms with Crippen molar-refractivity contribution >= 4 is 318 Å². The smallest absolute Gasteiger partial charge is 0.263 e. The molecule has 0 aliphatic carbocycles. The minimum Gasteiger partial charge on any atom is -0.263 e. The van der Waals surface area contributed by atoms with Gasteiger partial charge in [0.2, 0.25) is 0 Å². The van der Waals surface area contributed by atoms with Crippen LogP contribution in [-0.2, 0) is 22.9 Å². The largest absolute Gasteiger partial charge is 0.264 e. The third-order valence-electron chi connectivity index (χ3n) is 13.9. The molecule has 3 aromatic rings. The molecule has 3 aromatic carbocycles. The van der Waals surface area contributed by atoms with Crippen molar-refractivity contribution in [3.8, 4) is 0 Å². The number of nitrogens with zero attached hydrogens (tertiary/aromatic N) is 1. The lowest BCUT2D eigenvalue weighted by molar-refractivity contribution is 0.521. The van der Waals surface area contributed by atoms with Crippen molar-refractivity contribution in [2.45, 2.75) is 43.5 Å². The summed E-state index contributed by atoms with van der Waals surface area (Å²) in [5.41, 5.74) is 2.88. The third kappa shape index (κ3) is 17.1. The molecule has 0 saturated carbocycles. The summed E-state index contributed by atoms with van der Waals surface area (Å²) in [6.07, 6.45) is -19.1. The highest BCUT2D eigenvalue weighted by atomic mass is 35.5. The molecule has 1 unspecified atom stereocenters. The molecule has 1 heterocycles. The average molecular weight is 905 g/mol. The maximum atomic E-state index is 14.1. The van der Waals surface area contributed by atoms with Crippen LogP contribution in [0.2, 0.25) is 5.02 Å². The Balaban J connectivity index is 0.000000392. The maximum Gasteiger partial charge on any atom is 0.264 e. The van der Waals surface area contributed by atoms with E-state index in [2.05, 4.69) is 0 Å². The van der Waals surface area contributed by atoms with Crippen LogP contribution in [0.4, 0.5) is 14.5 Å². The lowest BCUT2D eigenvalue weighted by Gasteiger charge is -2.54. The molecule has 3 nitrogen and oxygen atoms in total. The zero-order valence-corrected chi connectivity index (χ0v) is 42.2. The molecule has 0 aromatic heterocycles. The summed E-state index contributed by atoms with van der Waals surface area (Å²) >= 11 is 6.16. The SMILES string of the molecule is Cc1ccc(S(=O)(=O)N2c3cc(F)ccc3CCC2CCc2ccc(F)cc2Cl)cc1.[B][B]B(B([B])[B])B(B([B])[B])B(B(B(B([B])[B])B([B])[B])B(B([B])[B])B([B])[B])B(B(B([B])[B])B([B])[B])B(B([B])[B])B([B])[B]. The van der Waals surface area contributed by atoms with Crippen LogP contribution >= 0.6 is 11.6 Å². The van der Waals surface area contributed by atoms with Crippen LogP contribution in [0.3, 0.4) is 0 Å². The number of benzene rings is 3. The van der Waals surface area contributed by atoms with Crippen molar-refractivity contribution in [3.05, 3.63) is 94.0 Å². The molecule has 0 N–H and O–H groups in total. The first-order chi connectivity index (χ1) is 33.4. The highest BCUT2D eigenvalue weighted by Crippen LogP contribution is 2.38. The molecule has 48 heteroatoms. The monoisotopic (exact) mass is 912 g/mol. The van der Waals surface area contributed by atoms with Crippen LogP contribution in [0.1, 0.15) is 29.5 Å². The molecule has 285 valence electrons. The predicted octanol–water partition coefficient (Wildman–Crippen LogP) is -9.54. The van der Waals surface area contributed by atoms with Gasteiger partial charge in [-0.25, -0.2) is 17.2 Å². The van der Waals surface area contributed by atoms with E-state index in [0.717, 1.165) is 16.7 Å². The lowest BCUT2D eigenvalue weighted by atomic mass is 8.27. The Morgan fingerprint density at radius 3 is 1.32 bits per heavy atom. The fourth-order valence-corrected chi connectivity index (χ4v) is 12.7. The van der Waals surface area contributed by atoms with Gasteiger partial charge in [-0.2, -0.15) is 0 Å². The van der Waals surface area contributed by atoms with Gasteiger partial charge in [-0.3, -0.25) is 4.31 Å². The van der Waals surface area contributed by atoms with Crippen molar-refractivity contribution in [1.29, 1.82) is 0 Å². The van der Waals surface area contributed by atoms with Crippen molar-refractivity contribution in [1.82, 2.24) is 0 Å². The molecular weight excluding hydrogens is 883 g/mol. The second-order valence-corrected chi connectivity index (χ2v) is 21.2. The molecule has 4 rings (SSSR count). The van der Waals surface area contributed by atoms with E-state index >= 15 is 0 Å². The first-order valence-electron chi connectivity index (χ1n) is 23.4. The van der Waals surface area contributed by atoms with Crippen molar-refractivity contribution in [2.24, 2.45) is 0 Å². The third-order valence-corrected chi connectivity index (χ3v) is 16.2. The summed E-state index contributed by atoms with van der Waals surface area (Å²) in [7, 11) is 129. The number of aryl methyl sites for hydroxylation is 3. The Bertz CT molecular complexity index is 2120. The van der Waals surface area contributed by atoms with E-state index in [-0.39, 0.29) is 10.9 Å². The van der Waals surface area contributed by atoms with Gasteiger partial charge in [0.05, 0.1) is 10.6 Å². The highest BCUT2D eigenvalue weighted by molar-refractivity contribution is 8.32. The fraction of sp³-hybridized carbons (Fsp3) is 0.250. The lowest BCUT2D eigenvalue weighted by Crippen LogP contribution is -2.92. The standard InChI is InChI=1S/C24H22ClF2NO2S.B41/c1-16-2-12-22(13-3-16)31(29,30)28-21(10-6-17-4-8-19(26)14-23(17)25)11-7-18-5-9-20(27)15-24(18)28;1-22-33(23(2)3)38(32(20)21)41(39(34(24(4)5)25(6)7)35(26(8)9)27(10)11)40(36(28(12)13)29(14)15)37(30(16)17)31(18)19/h2-5,8-9,12-15,21H,6-7,10-11H2,1H3;. The van der Waals surface area contributed by atoms with Crippen molar-refractivity contribution in [2.75, 3.05) is 4.31 Å². The molecule has 1 aliphatic heterocycles.